The molecule has 1 heterocycles. The first-order chi connectivity index (χ1) is 20.0. The molecule has 0 bridgehead atoms. The Balaban J connectivity index is 1.87. The number of nitrogens with zero attached hydrogens (tertiary/aromatic N) is 1. The van der Waals surface area contributed by atoms with Crippen LogP contribution in [0.5, 0.6) is 0 Å². The third kappa shape index (κ3) is 6.27. The molecule has 0 radical (unpaired) electrons. The molecule has 3 aromatic rings. The first kappa shape index (κ1) is 30.6. The van der Waals surface area contributed by atoms with Gasteiger partial charge in [0, 0.05) is 17.8 Å². The van der Waals surface area contributed by atoms with Gasteiger partial charge >= 0.3 is 5.97 Å². The van der Waals surface area contributed by atoms with Crippen LogP contribution < -0.4 is 5.32 Å². The topological polar surface area (TPSA) is 127 Å². The van der Waals surface area contributed by atoms with Crippen molar-refractivity contribution in [1.82, 2.24) is 4.90 Å². The minimum absolute atomic E-state index is 0.00363. The Morgan fingerprint density at radius 1 is 0.881 bits per heavy atom. The zero-order valence-electron chi connectivity index (χ0n) is 23.5. The van der Waals surface area contributed by atoms with Crippen LogP contribution in [0.15, 0.2) is 84.9 Å². The molecule has 1 aliphatic rings. The van der Waals surface area contributed by atoms with E-state index in [0.29, 0.717) is 28.1 Å². The molecule has 1 aliphatic heterocycles. The molecule has 4 rings (SSSR count). The Bertz CT molecular complexity index is 1440. The fourth-order valence-electron chi connectivity index (χ4n) is 5.59. The standard InChI is InChI=1S/C33H35FN2O6/c1-21(2)33(31(41)35-25-11-7-4-8-12-25)29(22-9-5-3-6-10-22)30(23-13-15-24(34)16-14-23)36(32(33)42)18-17-26(37)19-27(38)20-28(39)40/h3-16,21,26-27,37-38H,17-20H2,1-2H3,(H,35,41)(H,39,40)/t26-,27-,33+/m1/s1. The summed E-state index contributed by atoms with van der Waals surface area (Å²) in [6.07, 6.45) is -3.09. The molecule has 0 aliphatic carbocycles. The highest BCUT2D eigenvalue weighted by molar-refractivity contribution is 6.28. The largest absolute Gasteiger partial charge is 0.481 e. The maximum absolute atomic E-state index is 14.7. The van der Waals surface area contributed by atoms with E-state index in [0.717, 1.165) is 0 Å². The highest BCUT2D eigenvalue weighted by Gasteiger charge is 2.60. The molecule has 8 nitrogen and oxygen atoms in total. The summed E-state index contributed by atoms with van der Waals surface area (Å²) in [5, 5.41) is 32.6. The summed E-state index contributed by atoms with van der Waals surface area (Å²) in [5.74, 6) is -3.19. The van der Waals surface area contributed by atoms with Crippen LogP contribution in [0.4, 0.5) is 10.1 Å². The van der Waals surface area contributed by atoms with E-state index in [-0.39, 0.29) is 19.4 Å². The van der Waals surface area contributed by atoms with Gasteiger partial charge in [-0.15, -0.1) is 0 Å². The molecule has 2 amide bonds. The van der Waals surface area contributed by atoms with Crippen LogP contribution in [0.25, 0.3) is 11.3 Å². The van der Waals surface area contributed by atoms with Gasteiger partial charge in [0.1, 0.15) is 5.82 Å². The predicted molar refractivity (Wildman–Crippen MR) is 157 cm³/mol. The predicted octanol–water partition coefficient (Wildman–Crippen LogP) is 4.79. The number of aliphatic hydroxyl groups is 2. The van der Waals surface area contributed by atoms with Crippen molar-refractivity contribution in [2.24, 2.45) is 11.3 Å². The van der Waals surface area contributed by atoms with Crippen LogP contribution in [0.3, 0.4) is 0 Å². The molecular formula is C33H35FN2O6. The van der Waals surface area contributed by atoms with Gasteiger partial charge in [-0.3, -0.25) is 14.4 Å². The van der Waals surface area contributed by atoms with Crippen LogP contribution in [0.2, 0.25) is 0 Å². The SMILES string of the molecule is CC(C)[C@]1(C(=O)Nc2ccccc2)C(=O)N(CC[C@@H](O)C[C@@H](O)CC(=O)O)C(c2ccc(F)cc2)=C1c1ccccc1. The minimum Gasteiger partial charge on any atom is -0.481 e. The Morgan fingerprint density at radius 3 is 2.05 bits per heavy atom. The number of hydrogen-bond acceptors (Lipinski definition) is 5. The van der Waals surface area contributed by atoms with Crippen LogP contribution in [-0.2, 0) is 14.4 Å². The van der Waals surface area contributed by atoms with Gasteiger partial charge in [0.2, 0.25) is 11.8 Å². The van der Waals surface area contributed by atoms with Crippen LogP contribution >= 0.6 is 0 Å². The van der Waals surface area contributed by atoms with Gasteiger partial charge in [-0.2, -0.15) is 0 Å². The van der Waals surface area contributed by atoms with Gasteiger partial charge in [-0.25, -0.2) is 4.39 Å². The van der Waals surface area contributed by atoms with Crippen LogP contribution in [0.1, 0.15) is 44.2 Å². The van der Waals surface area contributed by atoms with E-state index in [1.807, 2.05) is 36.4 Å². The molecule has 42 heavy (non-hydrogen) atoms. The number of aliphatic carboxylic acids is 1. The summed E-state index contributed by atoms with van der Waals surface area (Å²) in [5.41, 5.74) is 0.868. The van der Waals surface area contributed by atoms with E-state index in [1.54, 1.807) is 50.2 Å². The van der Waals surface area contributed by atoms with Gasteiger partial charge in [0.25, 0.3) is 0 Å². The number of carboxylic acid groups (broad SMARTS) is 1. The summed E-state index contributed by atoms with van der Waals surface area (Å²) in [6.45, 7) is 3.57. The van der Waals surface area contributed by atoms with E-state index in [2.05, 4.69) is 5.32 Å². The lowest BCUT2D eigenvalue weighted by atomic mass is 9.68. The van der Waals surface area contributed by atoms with Crippen molar-refractivity contribution in [2.75, 3.05) is 11.9 Å². The van der Waals surface area contributed by atoms with E-state index in [1.165, 1.54) is 17.0 Å². The molecule has 3 aromatic carbocycles. The average Bonchev–Trinajstić information content (AvgIpc) is 3.22. The Hall–Kier alpha value is -4.34. The number of amides is 2. The highest BCUT2D eigenvalue weighted by atomic mass is 19.1. The summed E-state index contributed by atoms with van der Waals surface area (Å²) in [6, 6.07) is 23.6. The number of halogens is 1. The maximum atomic E-state index is 14.7. The number of nitrogens with one attached hydrogen (secondary N) is 1. The highest BCUT2D eigenvalue weighted by Crippen LogP contribution is 2.54. The van der Waals surface area contributed by atoms with Crippen molar-refractivity contribution in [1.29, 1.82) is 0 Å². The monoisotopic (exact) mass is 574 g/mol. The smallest absolute Gasteiger partial charge is 0.305 e. The lowest BCUT2D eigenvalue weighted by Gasteiger charge is -2.34. The van der Waals surface area contributed by atoms with Gasteiger partial charge in [0.15, 0.2) is 5.41 Å². The molecule has 3 atom stereocenters. The number of carbonyl (C=O) groups excluding carboxylic acids is 2. The van der Waals surface area contributed by atoms with Crippen molar-refractivity contribution in [3.8, 4) is 0 Å². The fourth-order valence-corrected chi connectivity index (χ4v) is 5.59. The van der Waals surface area contributed by atoms with E-state index < -0.39 is 53.6 Å². The minimum atomic E-state index is -1.69. The summed E-state index contributed by atoms with van der Waals surface area (Å²) in [4.78, 5) is 41.4. The summed E-state index contributed by atoms with van der Waals surface area (Å²) in [7, 11) is 0. The number of anilines is 1. The van der Waals surface area contributed by atoms with Crippen LogP contribution in [0, 0.1) is 17.2 Å². The van der Waals surface area contributed by atoms with E-state index in [9.17, 15) is 29.0 Å². The Morgan fingerprint density at radius 2 is 1.48 bits per heavy atom. The number of hydrogen-bond donors (Lipinski definition) is 4. The third-order valence-corrected chi connectivity index (χ3v) is 7.56. The van der Waals surface area contributed by atoms with E-state index in [4.69, 9.17) is 5.11 Å². The maximum Gasteiger partial charge on any atom is 0.305 e. The number of carbonyl (C=O) groups is 3. The number of para-hydroxylation sites is 1. The normalized spacial score (nSPS) is 18.3. The molecule has 220 valence electrons. The van der Waals surface area contributed by atoms with Crippen LogP contribution in [-0.4, -0.2) is 56.8 Å². The second kappa shape index (κ2) is 13.1. The molecular weight excluding hydrogens is 539 g/mol. The van der Waals surface area contributed by atoms with Crippen molar-refractivity contribution >= 4 is 34.7 Å². The molecule has 9 heteroatoms. The number of benzene rings is 3. The van der Waals surface area contributed by atoms with Crippen molar-refractivity contribution < 1.29 is 34.1 Å². The molecule has 0 saturated carbocycles. The van der Waals surface area contributed by atoms with Gasteiger partial charge in [-0.05, 0) is 66.3 Å². The van der Waals surface area contributed by atoms with Crippen molar-refractivity contribution in [2.45, 2.75) is 45.3 Å². The fraction of sp³-hybridized carbons (Fsp3) is 0.303. The molecule has 0 fully saturated rings. The Labute approximate surface area is 244 Å². The quantitative estimate of drug-likeness (QED) is 0.230. The summed E-state index contributed by atoms with van der Waals surface area (Å²) < 4.78 is 14.0. The zero-order valence-corrected chi connectivity index (χ0v) is 23.5. The first-order valence-corrected chi connectivity index (χ1v) is 13.9. The zero-order chi connectivity index (χ0) is 30.4. The molecule has 0 aromatic heterocycles. The lowest BCUT2D eigenvalue weighted by molar-refractivity contribution is -0.143. The Kier molecular flexibility index (Phi) is 9.55. The average molecular weight is 575 g/mol. The third-order valence-electron chi connectivity index (χ3n) is 7.56. The van der Waals surface area contributed by atoms with Crippen molar-refractivity contribution in [3.05, 3.63) is 102 Å². The van der Waals surface area contributed by atoms with Gasteiger partial charge < -0.3 is 25.5 Å². The van der Waals surface area contributed by atoms with Gasteiger partial charge in [0.05, 0.1) is 24.3 Å². The second-order valence-electron chi connectivity index (χ2n) is 10.8. The van der Waals surface area contributed by atoms with Gasteiger partial charge in [-0.1, -0.05) is 62.4 Å². The number of carboxylic acids is 1. The molecule has 0 unspecified atom stereocenters. The number of aliphatic hydroxyl groups excluding tert-OH is 2. The molecule has 4 N–H and O–H groups in total. The molecule has 0 spiro atoms. The van der Waals surface area contributed by atoms with E-state index >= 15 is 0 Å². The lowest BCUT2D eigenvalue weighted by Crippen LogP contribution is -2.49. The summed E-state index contributed by atoms with van der Waals surface area (Å²) >= 11 is 0. The van der Waals surface area contributed by atoms with Crippen molar-refractivity contribution in [3.63, 3.8) is 0 Å². The first-order valence-electron chi connectivity index (χ1n) is 13.9. The second-order valence-corrected chi connectivity index (χ2v) is 10.8. The molecule has 0 saturated heterocycles. The number of rotatable bonds is 12.